The van der Waals surface area contributed by atoms with E-state index in [0.29, 0.717) is 17.9 Å². The van der Waals surface area contributed by atoms with E-state index in [0.717, 1.165) is 16.0 Å². The lowest BCUT2D eigenvalue weighted by atomic mass is 9.83. The maximum Gasteiger partial charge on any atom is 0.409 e. The number of aliphatic hydroxyl groups is 1. The molecule has 404 valence electrons. The Balaban J connectivity index is 1.37. The lowest BCUT2D eigenvalue weighted by Gasteiger charge is -2.42. The SMILES string of the molecule is COc1cc2cc(c1Cl)N(C)C(=O)CC(OC(=O)C(C)N(C)C(=O)COCC(=O)NCC(=O)NCC(=O)NCC(=O)NCCNC(=O)CON)C1(C)OC1C(C)C1CC(O)(NC(=O)O1)C(OC)C=CC=C(C)C2. The highest BCUT2D eigenvalue weighted by Crippen LogP contribution is 2.49. The van der Waals surface area contributed by atoms with Gasteiger partial charge in [0, 0.05) is 46.6 Å². The van der Waals surface area contributed by atoms with Gasteiger partial charge in [-0.15, -0.1) is 0 Å². The zero-order valence-electron chi connectivity index (χ0n) is 42.0. The largest absolute Gasteiger partial charge is 0.495 e. The number of hydrogen-bond acceptors (Lipinski definition) is 18. The van der Waals surface area contributed by atoms with Gasteiger partial charge in [0.25, 0.3) is 0 Å². The van der Waals surface area contributed by atoms with Gasteiger partial charge in [0.1, 0.15) is 60.5 Å². The van der Waals surface area contributed by atoms with E-state index in [4.69, 9.17) is 45.9 Å². The van der Waals surface area contributed by atoms with Crippen molar-refractivity contribution in [3.05, 3.63) is 46.5 Å². The molecule has 4 bridgehead atoms. The van der Waals surface area contributed by atoms with Crippen LogP contribution in [0.15, 0.2) is 35.9 Å². The number of methoxy groups -OCH3 is 2. The molecule has 8 atom stereocenters. The van der Waals surface area contributed by atoms with Crippen molar-refractivity contribution in [2.75, 3.05) is 85.8 Å². The molecular formula is C46H66ClN9O17. The molecule has 0 aliphatic carbocycles. The minimum Gasteiger partial charge on any atom is -0.495 e. The van der Waals surface area contributed by atoms with Gasteiger partial charge in [0.05, 0.1) is 45.0 Å². The molecule has 2 saturated heterocycles. The smallest absolute Gasteiger partial charge is 0.409 e. The van der Waals surface area contributed by atoms with E-state index in [1.165, 1.54) is 40.1 Å². The van der Waals surface area contributed by atoms with Gasteiger partial charge in [-0.2, -0.15) is 0 Å². The number of anilines is 1. The maximum absolute atomic E-state index is 14.3. The Morgan fingerprint density at radius 1 is 0.959 bits per heavy atom. The number of esters is 1. The fourth-order valence-corrected chi connectivity index (χ4v) is 8.17. The number of alkyl carbamates (subject to hydrolysis) is 1. The highest BCUT2D eigenvalue weighted by molar-refractivity contribution is 6.35. The fourth-order valence-electron chi connectivity index (χ4n) is 7.86. The molecule has 3 aliphatic heterocycles. The first kappa shape index (κ1) is 59.1. The van der Waals surface area contributed by atoms with Crippen molar-refractivity contribution in [1.29, 1.82) is 0 Å². The van der Waals surface area contributed by atoms with Gasteiger partial charge >= 0.3 is 12.1 Å². The summed E-state index contributed by atoms with van der Waals surface area (Å²) in [6.45, 7) is 3.60. The third-order valence-corrected chi connectivity index (χ3v) is 12.7. The van der Waals surface area contributed by atoms with Gasteiger partial charge < -0.3 is 69.9 Å². The molecule has 8 unspecified atom stereocenters. The number of fused-ring (bicyclic) bond motifs is 5. The van der Waals surface area contributed by atoms with Crippen LogP contribution in [0.3, 0.4) is 0 Å². The van der Waals surface area contributed by atoms with Crippen LogP contribution in [0.5, 0.6) is 5.75 Å². The third-order valence-electron chi connectivity index (χ3n) is 12.3. The minimum absolute atomic E-state index is 0.0684. The second-order valence-electron chi connectivity index (χ2n) is 17.7. The number of likely N-dealkylation sites (N-methyl/N-ethyl adjacent to an activating group) is 1. The van der Waals surface area contributed by atoms with Crippen LogP contribution in [0.25, 0.3) is 0 Å². The molecule has 3 aliphatic rings. The number of rotatable bonds is 20. The molecule has 0 radical (unpaired) electrons. The predicted molar refractivity (Wildman–Crippen MR) is 257 cm³/mol. The fraction of sp³-hybridized carbons (Fsp3) is 0.587. The number of nitrogens with two attached hydrogens (primary N) is 1. The Morgan fingerprint density at radius 3 is 2.18 bits per heavy atom. The van der Waals surface area contributed by atoms with Crippen molar-refractivity contribution in [3.63, 3.8) is 0 Å². The lowest BCUT2D eigenvalue weighted by molar-refractivity contribution is -0.163. The molecule has 27 heteroatoms. The van der Waals surface area contributed by atoms with E-state index in [2.05, 4.69) is 36.7 Å². The predicted octanol–water partition coefficient (Wildman–Crippen LogP) is -2.00. The second kappa shape index (κ2) is 27.0. The van der Waals surface area contributed by atoms with Crippen LogP contribution < -0.4 is 47.4 Å². The van der Waals surface area contributed by atoms with Gasteiger partial charge in [-0.1, -0.05) is 42.3 Å². The minimum atomic E-state index is -1.91. The van der Waals surface area contributed by atoms with Gasteiger partial charge in [0.2, 0.25) is 41.4 Å². The number of epoxide rings is 1. The molecule has 3 heterocycles. The van der Waals surface area contributed by atoms with Crippen LogP contribution >= 0.6 is 11.6 Å². The molecule has 1 aromatic rings. The summed E-state index contributed by atoms with van der Waals surface area (Å²) in [4.78, 5) is 121. The van der Waals surface area contributed by atoms with Crippen molar-refractivity contribution in [1.82, 2.24) is 36.8 Å². The molecule has 1 aromatic carbocycles. The van der Waals surface area contributed by atoms with Crippen molar-refractivity contribution in [2.45, 2.75) is 88.7 Å². The van der Waals surface area contributed by atoms with E-state index in [9.17, 15) is 48.3 Å². The molecular weight excluding hydrogens is 986 g/mol. The van der Waals surface area contributed by atoms with Gasteiger partial charge in [-0.25, -0.2) is 15.5 Å². The van der Waals surface area contributed by atoms with E-state index in [-0.39, 0.29) is 31.1 Å². The number of nitrogens with one attached hydrogen (secondary N) is 6. The van der Waals surface area contributed by atoms with E-state index in [1.807, 2.05) is 13.0 Å². The number of nitrogens with zero attached hydrogens (tertiary/aromatic N) is 2. The Labute approximate surface area is 426 Å². The highest BCUT2D eigenvalue weighted by atomic mass is 35.5. The molecule has 26 nitrogen and oxygen atoms in total. The number of carbonyl (C=O) groups excluding carboxylic acids is 9. The first-order valence-electron chi connectivity index (χ1n) is 23.0. The molecule has 0 saturated carbocycles. The quantitative estimate of drug-likeness (QED) is 0.0303. The number of allylic oxidation sites excluding steroid dienone is 3. The summed E-state index contributed by atoms with van der Waals surface area (Å²) in [5, 5.41) is 26.1. The summed E-state index contributed by atoms with van der Waals surface area (Å²) in [5.41, 5.74) is -1.36. The zero-order valence-corrected chi connectivity index (χ0v) is 42.7. The van der Waals surface area contributed by atoms with Crippen LogP contribution in [0.4, 0.5) is 10.5 Å². The molecule has 73 heavy (non-hydrogen) atoms. The van der Waals surface area contributed by atoms with Gasteiger partial charge in [0.15, 0.2) is 5.72 Å². The topological polar surface area (TPSA) is 346 Å². The summed E-state index contributed by atoms with van der Waals surface area (Å²) in [7, 11) is 5.63. The Hall–Kier alpha value is -6.42. The number of halogens is 1. The molecule has 4 rings (SSSR count). The van der Waals surface area contributed by atoms with E-state index in [1.54, 1.807) is 38.1 Å². The number of hydrogen-bond donors (Lipinski definition) is 8. The molecule has 0 spiro atoms. The van der Waals surface area contributed by atoms with E-state index < -0.39 is 140 Å². The number of carbonyl (C=O) groups is 9. The standard InChI is InChI=1S/C46H66ClN9O17/c1-25-10-9-11-32(68-8)46(66)18-31(71-44(65)54-46)26(2)42-45(4,73-42)33(17-39(62)56(6)29-15-28(14-25)16-30(67-7)41(29)47)72-43(64)27(3)55(5)40(63)24-69-22-37(60)53-21-36(59)52-20-35(58)51-19-34(57)49-12-13-50-38(61)23-70-48/h9-11,15-16,26-27,31-33,42,66H,12-14,17-24,48H2,1-8H3,(H,49,57)(H,50,61)(H,51,58)(H,52,59)(H,53,60)(H,54,65). The average Bonchev–Trinajstić information content (AvgIpc) is 4.05. The summed E-state index contributed by atoms with van der Waals surface area (Å²) >= 11 is 6.77. The van der Waals surface area contributed by atoms with Crippen LogP contribution in [-0.2, 0) is 73.3 Å². The van der Waals surface area contributed by atoms with Gasteiger partial charge in [-0.3, -0.25) is 43.7 Å². The first-order valence-corrected chi connectivity index (χ1v) is 23.4. The second-order valence-corrected chi connectivity index (χ2v) is 18.1. The highest BCUT2D eigenvalue weighted by Gasteiger charge is 2.64. The molecule has 0 aromatic heterocycles. The Bertz CT molecular complexity index is 2290. The lowest BCUT2D eigenvalue weighted by Crippen LogP contribution is -2.63. The summed E-state index contributed by atoms with van der Waals surface area (Å²) in [6, 6.07) is 2.20. The number of amides is 8. The van der Waals surface area contributed by atoms with Crippen molar-refractivity contribution in [2.24, 2.45) is 11.8 Å². The van der Waals surface area contributed by atoms with Crippen molar-refractivity contribution >= 4 is 70.7 Å². The van der Waals surface area contributed by atoms with Crippen LogP contribution in [0.2, 0.25) is 5.02 Å². The monoisotopic (exact) mass is 1050 g/mol. The van der Waals surface area contributed by atoms with Crippen LogP contribution in [-0.4, -0.2) is 186 Å². The van der Waals surface area contributed by atoms with Crippen molar-refractivity contribution < 1.29 is 81.5 Å². The summed E-state index contributed by atoms with van der Waals surface area (Å²) in [6.07, 6.45) is -0.0112. The van der Waals surface area contributed by atoms with Crippen LogP contribution in [0, 0.1) is 5.92 Å². The normalized spacial score (nSPS) is 24.2. The maximum atomic E-state index is 14.3. The Morgan fingerprint density at radius 2 is 1.56 bits per heavy atom. The van der Waals surface area contributed by atoms with Crippen LogP contribution in [0.1, 0.15) is 46.1 Å². The number of benzene rings is 1. The third kappa shape index (κ3) is 16.8. The van der Waals surface area contributed by atoms with Gasteiger partial charge in [-0.05, 0) is 44.9 Å². The Kier molecular flexibility index (Phi) is 21.9. The van der Waals surface area contributed by atoms with Crippen molar-refractivity contribution in [3.8, 4) is 5.75 Å². The first-order chi connectivity index (χ1) is 34.5. The summed E-state index contributed by atoms with van der Waals surface area (Å²) in [5.74, 6) is -1.05. The van der Waals surface area contributed by atoms with E-state index >= 15 is 0 Å². The molecule has 2 fully saturated rings. The average molecular weight is 1050 g/mol. The molecule has 9 N–H and O–H groups in total. The molecule has 8 amide bonds. The number of ether oxygens (including phenoxy) is 6. The summed E-state index contributed by atoms with van der Waals surface area (Å²) < 4.78 is 34.4. The zero-order chi connectivity index (χ0) is 54.2.